The van der Waals surface area contributed by atoms with Crippen LogP contribution in [0.25, 0.3) is 0 Å². The van der Waals surface area contributed by atoms with Crippen LogP contribution >= 0.6 is 23.6 Å². The van der Waals surface area contributed by atoms with Gasteiger partial charge in [0.15, 0.2) is 5.11 Å². The smallest absolute Gasteiger partial charge is 0.340 e. The molecule has 150 valence electrons. The highest BCUT2D eigenvalue weighted by Gasteiger charge is 2.22. The van der Waals surface area contributed by atoms with E-state index in [0.29, 0.717) is 10.7 Å². The zero-order chi connectivity index (χ0) is 20.1. The Balaban J connectivity index is 1.56. The first-order chi connectivity index (χ1) is 13.5. The van der Waals surface area contributed by atoms with Gasteiger partial charge in [0.05, 0.1) is 12.7 Å². The van der Waals surface area contributed by atoms with E-state index in [1.807, 2.05) is 6.07 Å². The summed E-state index contributed by atoms with van der Waals surface area (Å²) in [6.07, 6.45) is 0.876. The molecular weight excluding hydrogens is 390 g/mol. The minimum Gasteiger partial charge on any atom is -0.465 e. The number of nitrogens with zero attached hydrogens (tertiary/aromatic N) is 2. The maximum absolute atomic E-state index is 12.0. The number of esters is 1. The van der Waals surface area contributed by atoms with E-state index in [0.717, 1.165) is 49.0 Å². The molecule has 0 atom stereocenters. The molecule has 2 heterocycles. The highest BCUT2D eigenvalue weighted by Crippen LogP contribution is 2.29. The van der Waals surface area contributed by atoms with Crippen LogP contribution in [0.3, 0.4) is 0 Å². The summed E-state index contributed by atoms with van der Waals surface area (Å²) < 4.78 is 4.90. The molecule has 0 amide bonds. The van der Waals surface area contributed by atoms with Gasteiger partial charge in [-0.1, -0.05) is 36.8 Å². The Morgan fingerprint density at radius 3 is 2.50 bits per heavy atom. The minimum atomic E-state index is -0.329. The third-order valence-corrected chi connectivity index (χ3v) is 6.50. The molecule has 1 N–H and O–H groups in total. The van der Waals surface area contributed by atoms with Crippen molar-refractivity contribution in [2.45, 2.75) is 26.8 Å². The quantitative estimate of drug-likeness (QED) is 0.588. The fraction of sp³-hybridized carbons (Fsp3) is 0.429. The van der Waals surface area contributed by atoms with Crippen molar-refractivity contribution in [3.63, 3.8) is 0 Å². The lowest BCUT2D eigenvalue weighted by molar-refractivity contribution is 0.0602. The van der Waals surface area contributed by atoms with Crippen molar-refractivity contribution in [1.29, 1.82) is 0 Å². The highest BCUT2D eigenvalue weighted by atomic mass is 32.1. The Morgan fingerprint density at radius 1 is 1.21 bits per heavy atom. The lowest BCUT2D eigenvalue weighted by Crippen LogP contribution is -2.49. The number of hydrogen-bond acceptors (Lipinski definition) is 5. The van der Waals surface area contributed by atoms with E-state index < -0.39 is 0 Å². The van der Waals surface area contributed by atoms with Gasteiger partial charge in [0, 0.05) is 37.6 Å². The molecule has 1 aliphatic rings. The van der Waals surface area contributed by atoms with Crippen LogP contribution in [0.5, 0.6) is 0 Å². The Bertz CT molecular complexity index is 825. The van der Waals surface area contributed by atoms with Crippen molar-refractivity contribution in [1.82, 2.24) is 9.80 Å². The van der Waals surface area contributed by atoms with Crippen LogP contribution in [0.2, 0.25) is 0 Å². The van der Waals surface area contributed by atoms with Crippen molar-refractivity contribution in [2.75, 3.05) is 38.6 Å². The van der Waals surface area contributed by atoms with Gasteiger partial charge < -0.3 is 15.0 Å². The van der Waals surface area contributed by atoms with Gasteiger partial charge in [-0.3, -0.25) is 4.90 Å². The number of carbonyl (C=O) groups excluding carboxylic acids is 1. The van der Waals surface area contributed by atoms with E-state index in [1.54, 1.807) is 11.3 Å². The second-order valence-electron chi connectivity index (χ2n) is 6.98. The summed E-state index contributed by atoms with van der Waals surface area (Å²) >= 11 is 7.18. The number of carbonyl (C=O) groups is 1. The number of ether oxygens (including phenoxy) is 1. The number of methoxy groups -OCH3 is 1. The van der Waals surface area contributed by atoms with Gasteiger partial charge in [-0.15, -0.1) is 11.3 Å². The minimum absolute atomic E-state index is 0.329. The molecule has 1 aliphatic heterocycles. The molecule has 5 nitrogen and oxygen atoms in total. The molecular formula is C21H27N3O2S2. The number of thiocarbonyl (C=S) groups is 1. The number of benzene rings is 1. The second-order valence-corrected chi connectivity index (χ2v) is 8.50. The van der Waals surface area contributed by atoms with E-state index in [9.17, 15) is 4.79 Å². The summed E-state index contributed by atoms with van der Waals surface area (Å²) in [6.45, 7) is 8.82. The Kier molecular flexibility index (Phi) is 7.04. The first kappa shape index (κ1) is 20.8. The summed E-state index contributed by atoms with van der Waals surface area (Å²) in [7, 11) is 1.40. The molecule has 1 saturated heterocycles. The summed E-state index contributed by atoms with van der Waals surface area (Å²) in [6, 6.07) is 10.6. The van der Waals surface area contributed by atoms with Gasteiger partial charge in [0.25, 0.3) is 0 Å². The van der Waals surface area contributed by atoms with Crippen LogP contribution in [0.4, 0.5) is 5.00 Å². The normalized spacial score (nSPS) is 14.8. The lowest BCUT2D eigenvalue weighted by Gasteiger charge is -2.36. The molecule has 0 saturated carbocycles. The predicted molar refractivity (Wildman–Crippen MR) is 119 cm³/mol. The van der Waals surface area contributed by atoms with Crippen LogP contribution in [-0.4, -0.2) is 54.2 Å². The summed E-state index contributed by atoms with van der Waals surface area (Å²) in [5.74, 6) is -0.329. The van der Waals surface area contributed by atoms with Crippen molar-refractivity contribution in [3.05, 3.63) is 51.9 Å². The largest absolute Gasteiger partial charge is 0.465 e. The van der Waals surface area contributed by atoms with Gasteiger partial charge in [-0.25, -0.2) is 4.79 Å². The fourth-order valence-electron chi connectivity index (χ4n) is 3.21. The van der Waals surface area contributed by atoms with Gasteiger partial charge in [-0.05, 0) is 37.2 Å². The summed E-state index contributed by atoms with van der Waals surface area (Å²) in [4.78, 5) is 17.8. The maximum atomic E-state index is 12.0. The summed E-state index contributed by atoms with van der Waals surface area (Å²) in [5.41, 5.74) is 3.19. The molecule has 0 bridgehead atoms. The third kappa shape index (κ3) is 5.10. The average Bonchev–Trinajstić information content (AvgIpc) is 3.12. The lowest BCUT2D eigenvalue weighted by atomic mass is 10.1. The van der Waals surface area contributed by atoms with Gasteiger partial charge in [0.1, 0.15) is 5.00 Å². The molecule has 1 aromatic carbocycles. The monoisotopic (exact) mass is 417 g/mol. The molecule has 28 heavy (non-hydrogen) atoms. The summed E-state index contributed by atoms with van der Waals surface area (Å²) in [5, 5.41) is 4.72. The number of anilines is 1. The zero-order valence-electron chi connectivity index (χ0n) is 16.7. The number of aryl methyl sites for hydroxylation is 2. The molecule has 3 rings (SSSR count). The Labute approximate surface area is 176 Å². The molecule has 0 spiro atoms. The van der Waals surface area contributed by atoms with Crippen molar-refractivity contribution < 1.29 is 9.53 Å². The van der Waals surface area contributed by atoms with Gasteiger partial charge in [-0.2, -0.15) is 0 Å². The molecule has 2 aromatic rings. The fourth-order valence-corrected chi connectivity index (χ4v) is 4.54. The number of thiophene rings is 1. The van der Waals surface area contributed by atoms with Crippen LogP contribution in [0.1, 0.15) is 33.3 Å². The maximum Gasteiger partial charge on any atom is 0.340 e. The topological polar surface area (TPSA) is 44.8 Å². The van der Waals surface area contributed by atoms with E-state index in [-0.39, 0.29) is 5.97 Å². The van der Waals surface area contributed by atoms with Crippen LogP contribution < -0.4 is 5.32 Å². The van der Waals surface area contributed by atoms with E-state index in [2.05, 4.69) is 53.2 Å². The van der Waals surface area contributed by atoms with Crippen LogP contribution in [0, 0.1) is 6.92 Å². The molecule has 0 aliphatic carbocycles. The number of rotatable bonds is 5. The van der Waals surface area contributed by atoms with Crippen molar-refractivity contribution >= 4 is 39.6 Å². The van der Waals surface area contributed by atoms with Crippen molar-refractivity contribution in [2.24, 2.45) is 0 Å². The van der Waals surface area contributed by atoms with Gasteiger partial charge in [0.2, 0.25) is 0 Å². The number of nitrogens with one attached hydrogen (secondary N) is 1. The zero-order valence-corrected chi connectivity index (χ0v) is 18.3. The van der Waals surface area contributed by atoms with Gasteiger partial charge >= 0.3 is 5.97 Å². The first-order valence-corrected chi connectivity index (χ1v) is 10.8. The molecule has 1 aromatic heterocycles. The standard InChI is InChI=1S/C21H27N3O2S2/c1-4-17-13-18(20(25)26-3)19(28-17)22-21(27)24-11-9-23(10-12-24)14-16-7-5-15(2)6-8-16/h5-8,13H,4,9-12,14H2,1-3H3,(H,22,27). The van der Waals surface area contributed by atoms with Crippen LogP contribution in [0.15, 0.2) is 30.3 Å². The third-order valence-electron chi connectivity index (χ3n) is 4.94. The van der Waals surface area contributed by atoms with Crippen molar-refractivity contribution in [3.8, 4) is 0 Å². The van der Waals surface area contributed by atoms with E-state index in [4.69, 9.17) is 17.0 Å². The Hall–Kier alpha value is -1.96. The molecule has 7 heteroatoms. The van der Waals surface area contributed by atoms with E-state index >= 15 is 0 Å². The Morgan fingerprint density at radius 2 is 1.89 bits per heavy atom. The highest BCUT2D eigenvalue weighted by molar-refractivity contribution is 7.80. The van der Waals surface area contributed by atoms with Crippen LogP contribution in [-0.2, 0) is 17.7 Å². The number of hydrogen-bond donors (Lipinski definition) is 1. The van der Waals surface area contributed by atoms with E-state index in [1.165, 1.54) is 18.2 Å². The molecule has 1 fully saturated rings. The first-order valence-electron chi connectivity index (χ1n) is 9.55. The second kappa shape index (κ2) is 9.49. The molecule has 0 radical (unpaired) electrons. The predicted octanol–water partition coefficient (Wildman–Crippen LogP) is 3.92. The average molecular weight is 418 g/mol. The molecule has 0 unspecified atom stereocenters. The SMILES string of the molecule is CCc1cc(C(=O)OC)c(NC(=S)N2CCN(Cc3ccc(C)cc3)CC2)s1. The number of piperazine rings is 1.